The number of aromatic nitrogens is 2. The number of rotatable bonds is 6. The van der Waals surface area contributed by atoms with Crippen LogP contribution < -0.4 is 14.8 Å². The maximum absolute atomic E-state index is 12.6. The number of carbonyl (C=O) groups is 1. The summed E-state index contributed by atoms with van der Waals surface area (Å²) in [5.41, 5.74) is 1.41. The Labute approximate surface area is 175 Å². The molecular weight excluding hydrogens is 382 g/mol. The van der Waals surface area contributed by atoms with Gasteiger partial charge in [-0.3, -0.25) is 4.79 Å². The molecule has 1 aliphatic heterocycles. The van der Waals surface area contributed by atoms with E-state index in [1.54, 1.807) is 7.11 Å². The van der Waals surface area contributed by atoms with Crippen LogP contribution in [0.25, 0.3) is 11.4 Å². The van der Waals surface area contributed by atoms with Gasteiger partial charge in [-0.2, -0.15) is 4.98 Å². The van der Waals surface area contributed by atoms with Gasteiger partial charge < -0.3 is 19.3 Å². The number of hydrogen-bond acceptors (Lipinski definition) is 6. The number of hydrogen-bond donors (Lipinski definition) is 1. The summed E-state index contributed by atoms with van der Waals surface area (Å²) < 4.78 is 16.7. The minimum absolute atomic E-state index is 0.0652. The van der Waals surface area contributed by atoms with Crippen molar-refractivity contribution >= 4 is 5.91 Å². The van der Waals surface area contributed by atoms with Gasteiger partial charge in [0.2, 0.25) is 17.6 Å². The van der Waals surface area contributed by atoms with E-state index in [4.69, 9.17) is 14.0 Å². The lowest BCUT2D eigenvalue weighted by atomic mass is 9.89. The second kappa shape index (κ2) is 8.18. The zero-order chi connectivity index (χ0) is 21.1. The standard InChI is InChI=1S/C23H25N3O4/c1-23(2)14-17(15-8-4-7-11-19(15)29-23)24-20(27)12-13-21-25-22(26-30-21)16-9-5-6-10-18(16)28-3/h4-11,17H,12-14H2,1-3H3,(H,24,27). The predicted octanol–water partition coefficient (Wildman–Crippen LogP) is 4.10. The Morgan fingerprint density at radius 1 is 1.20 bits per heavy atom. The molecule has 1 atom stereocenters. The molecule has 1 unspecified atom stereocenters. The van der Waals surface area contributed by atoms with Crippen LogP contribution in [0.15, 0.2) is 53.1 Å². The van der Waals surface area contributed by atoms with Crippen molar-refractivity contribution < 1.29 is 18.8 Å². The first kappa shape index (κ1) is 19.9. The molecule has 7 nitrogen and oxygen atoms in total. The number of fused-ring (bicyclic) bond motifs is 1. The average Bonchev–Trinajstić information content (AvgIpc) is 3.20. The van der Waals surface area contributed by atoms with Crippen molar-refractivity contribution in [1.29, 1.82) is 0 Å². The molecule has 0 spiro atoms. The Kier molecular flexibility index (Phi) is 5.44. The van der Waals surface area contributed by atoms with Gasteiger partial charge in [-0.05, 0) is 32.0 Å². The molecule has 4 rings (SSSR count). The zero-order valence-corrected chi connectivity index (χ0v) is 17.3. The third-order valence-corrected chi connectivity index (χ3v) is 5.09. The molecular formula is C23H25N3O4. The van der Waals surface area contributed by atoms with E-state index in [9.17, 15) is 4.79 Å². The molecule has 1 N–H and O–H groups in total. The number of para-hydroxylation sites is 2. The lowest BCUT2D eigenvalue weighted by Gasteiger charge is -2.37. The highest BCUT2D eigenvalue weighted by atomic mass is 16.5. The summed E-state index contributed by atoms with van der Waals surface area (Å²) in [6, 6.07) is 15.2. The van der Waals surface area contributed by atoms with Crippen LogP contribution in [0.3, 0.4) is 0 Å². The second-order valence-corrected chi connectivity index (χ2v) is 7.94. The van der Waals surface area contributed by atoms with Crippen LogP contribution >= 0.6 is 0 Å². The molecule has 2 aromatic carbocycles. The molecule has 0 fully saturated rings. The van der Waals surface area contributed by atoms with Crippen molar-refractivity contribution in [1.82, 2.24) is 15.5 Å². The highest BCUT2D eigenvalue weighted by molar-refractivity contribution is 5.77. The van der Waals surface area contributed by atoms with Crippen molar-refractivity contribution in [3.63, 3.8) is 0 Å². The van der Waals surface area contributed by atoms with Crippen LogP contribution in [0.5, 0.6) is 11.5 Å². The lowest BCUT2D eigenvalue weighted by molar-refractivity contribution is -0.122. The lowest BCUT2D eigenvalue weighted by Crippen LogP contribution is -2.41. The fourth-order valence-corrected chi connectivity index (χ4v) is 3.71. The first-order valence-corrected chi connectivity index (χ1v) is 9.98. The van der Waals surface area contributed by atoms with Crippen molar-refractivity contribution in [3.05, 3.63) is 60.0 Å². The van der Waals surface area contributed by atoms with Gasteiger partial charge in [-0.1, -0.05) is 35.5 Å². The Hall–Kier alpha value is -3.35. The molecule has 0 aliphatic carbocycles. The normalized spacial score (nSPS) is 17.0. The van der Waals surface area contributed by atoms with E-state index >= 15 is 0 Å². The monoisotopic (exact) mass is 407 g/mol. The SMILES string of the molecule is COc1ccccc1-c1noc(CCC(=O)NC2CC(C)(C)Oc3ccccc32)n1. The molecule has 0 saturated heterocycles. The van der Waals surface area contributed by atoms with E-state index in [-0.39, 0.29) is 24.0 Å². The minimum atomic E-state index is -0.345. The quantitative estimate of drug-likeness (QED) is 0.662. The Bertz CT molecular complexity index is 1040. The second-order valence-electron chi connectivity index (χ2n) is 7.94. The van der Waals surface area contributed by atoms with Crippen LogP contribution in [-0.4, -0.2) is 28.8 Å². The molecule has 1 aromatic heterocycles. The van der Waals surface area contributed by atoms with E-state index in [2.05, 4.69) is 15.5 Å². The Balaban J connectivity index is 1.40. The van der Waals surface area contributed by atoms with Gasteiger partial charge in [0.1, 0.15) is 17.1 Å². The summed E-state index contributed by atoms with van der Waals surface area (Å²) in [4.78, 5) is 17.0. The highest BCUT2D eigenvalue weighted by Crippen LogP contribution is 2.39. The van der Waals surface area contributed by atoms with Crippen LogP contribution in [-0.2, 0) is 11.2 Å². The molecule has 3 aromatic rings. The Morgan fingerprint density at radius 2 is 1.97 bits per heavy atom. The van der Waals surface area contributed by atoms with Gasteiger partial charge in [0.25, 0.3) is 0 Å². The number of ether oxygens (including phenoxy) is 2. The number of nitrogens with zero attached hydrogens (tertiary/aromatic N) is 2. The molecule has 2 heterocycles. The first-order valence-electron chi connectivity index (χ1n) is 9.98. The summed E-state index contributed by atoms with van der Waals surface area (Å²) in [5.74, 6) is 2.28. The number of nitrogens with one attached hydrogen (secondary N) is 1. The van der Waals surface area contributed by atoms with E-state index in [0.29, 0.717) is 30.3 Å². The average molecular weight is 407 g/mol. The first-order chi connectivity index (χ1) is 14.4. The fraction of sp³-hybridized carbons (Fsp3) is 0.348. The summed E-state index contributed by atoms with van der Waals surface area (Å²) >= 11 is 0. The maximum atomic E-state index is 12.6. The maximum Gasteiger partial charge on any atom is 0.227 e. The highest BCUT2D eigenvalue weighted by Gasteiger charge is 2.34. The number of amides is 1. The number of methoxy groups -OCH3 is 1. The van der Waals surface area contributed by atoms with Crippen LogP contribution in [0, 0.1) is 0 Å². The molecule has 0 radical (unpaired) electrons. The summed E-state index contributed by atoms with van der Waals surface area (Å²) in [6.45, 7) is 4.06. The van der Waals surface area contributed by atoms with Crippen LogP contribution in [0.4, 0.5) is 0 Å². The van der Waals surface area contributed by atoms with Crippen molar-refractivity contribution in [2.45, 2.75) is 44.8 Å². The smallest absolute Gasteiger partial charge is 0.227 e. The molecule has 0 saturated carbocycles. The van der Waals surface area contributed by atoms with E-state index in [1.165, 1.54) is 0 Å². The third kappa shape index (κ3) is 4.30. The van der Waals surface area contributed by atoms with Crippen molar-refractivity contribution in [3.8, 4) is 22.9 Å². The molecule has 1 amide bonds. The Morgan fingerprint density at radius 3 is 2.80 bits per heavy atom. The van der Waals surface area contributed by atoms with E-state index in [0.717, 1.165) is 16.9 Å². The van der Waals surface area contributed by atoms with Gasteiger partial charge in [-0.25, -0.2) is 0 Å². The van der Waals surface area contributed by atoms with Gasteiger partial charge in [0.05, 0.1) is 18.7 Å². The van der Waals surface area contributed by atoms with Gasteiger partial charge in [0.15, 0.2) is 0 Å². The van der Waals surface area contributed by atoms with Gasteiger partial charge in [0, 0.05) is 24.8 Å². The molecule has 0 bridgehead atoms. The van der Waals surface area contributed by atoms with Crippen molar-refractivity contribution in [2.24, 2.45) is 0 Å². The topological polar surface area (TPSA) is 86.5 Å². The summed E-state index contributed by atoms with van der Waals surface area (Å²) in [6.07, 6.45) is 1.32. The molecule has 7 heteroatoms. The van der Waals surface area contributed by atoms with Gasteiger partial charge >= 0.3 is 0 Å². The summed E-state index contributed by atoms with van der Waals surface area (Å²) in [5, 5.41) is 7.15. The van der Waals surface area contributed by atoms with Gasteiger partial charge in [-0.15, -0.1) is 0 Å². The number of carbonyl (C=O) groups excluding carboxylic acids is 1. The third-order valence-electron chi connectivity index (χ3n) is 5.09. The number of benzene rings is 2. The fourth-order valence-electron chi connectivity index (χ4n) is 3.71. The van der Waals surface area contributed by atoms with Crippen LogP contribution in [0.2, 0.25) is 0 Å². The largest absolute Gasteiger partial charge is 0.496 e. The van der Waals surface area contributed by atoms with E-state index < -0.39 is 0 Å². The molecule has 30 heavy (non-hydrogen) atoms. The predicted molar refractivity (Wildman–Crippen MR) is 111 cm³/mol. The summed E-state index contributed by atoms with van der Waals surface area (Å²) in [7, 11) is 1.60. The van der Waals surface area contributed by atoms with E-state index in [1.807, 2.05) is 62.4 Å². The number of aryl methyl sites for hydroxylation is 1. The molecule has 1 aliphatic rings. The minimum Gasteiger partial charge on any atom is -0.496 e. The van der Waals surface area contributed by atoms with Crippen LogP contribution in [0.1, 0.15) is 44.2 Å². The molecule has 156 valence electrons. The zero-order valence-electron chi connectivity index (χ0n) is 17.3. The van der Waals surface area contributed by atoms with Crippen molar-refractivity contribution in [2.75, 3.05) is 7.11 Å².